The molecule has 1 amide bonds. The molecule has 0 unspecified atom stereocenters. The molecule has 2 heterocycles. The second-order valence-corrected chi connectivity index (χ2v) is 7.30. The van der Waals surface area contributed by atoms with E-state index in [9.17, 15) is 4.79 Å². The van der Waals surface area contributed by atoms with Crippen molar-refractivity contribution in [3.05, 3.63) is 29.3 Å². The van der Waals surface area contributed by atoms with Crippen LogP contribution in [-0.2, 0) is 0 Å². The molecule has 2 fully saturated rings. The topological polar surface area (TPSA) is 32.3 Å². The average Bonchev–Trinajstić information content (AvgIpc) is 3.02. The number of carbonyl (C=O) groups is 1. The van der Waals surface area contributed by atoms with Gasteiger partial charge in [-0.3, -0.25) is 4.79 Å². The van der Waals surface area contributed by atoms with Crippen molar-refractivity contribution in [1.82, 2.24) is 5.32 Å². The zero-order valence-electron chi connectivity index (χ0n) is 12.7. The molecule has 0 radical (unpaired) electrons. The number of thioether (sulfide) groups is 1. The zero-order chi connectivity index (χ0) is 14.7. The zero-order valence-corrected chi connectivity index (χ0v) is 13.5. The molecule has 0 bridgehead atoms. The molecule has 4 heteroatoms. The van der Waals surface area contributed by atoms with Gasteiger partial charge in [0.05, 0.1) is 5.56 Å². The van der Waals surface area contributed by atoms with E-state index in [-0.39, 0.29) is 5.91 Å². The van der Waals surface area contributed by atoms with Crippen LogP contribution in [0.3, 0.4) is 0 Å². The summed E-state index contributed by atoms with van der Waals surface area (Å²) in [6.45, 7) is 4.20. The van der Waals surface area contributed by atoms with E-state index >= 15 is 0 Å². The molecular formula is C17H24N2OS. The Balaban J connectivity index is 1.78. The van der Waals surface area contributed by atoms with Crippen LogP contribution >= 0.6 is 11.8 Å². The van der Waals surface area contributed by atoms with Crippen LogP contribution in [0.25, 0.3) is 0 Å². The van der Waals surface area contributed by atoms with Crippen molar-refractivity contribution < 1.29 is 4.79 Å². The summed E-state index contributed by atoms with van der Waals surface area (Å²) < 4.78 is 0. The number of nitrogens with one attached hydrogen (secondary N) is 1. The molecule has 0 aromatic heterocycles. The highest BCUT2D eigenvalue weighted by molar-refractivity contribution is 7.99. The van der Waals surface area contributed by atoms with Gasteiger partial charge in [-0.2, -0.15) is 11.8 Å². The molecule has 21 heavy (non-hydrogen) atoms. The highest BCUT2D eigenvalue weighted by atomic mass is 32.2. The molecule has 2 aliphatic heterocycles. The van der Waals surface area contributed by atoms with E-state index < -0.39 is 0 Å². The summed E-state index contributed by atoms with van der Waals surface area (Å²) in [6.07, 6.45) is 4.66. The van der Waals surface area contributed by atoms with Crippen LogP contribution in [0.1, 0.15) is 41.6 Å². The first-order chi connectivity index (χ1) is 10.2. The highest BCUT2D eigenvalue weighted by Gasteiger charge is 2.22. The van der Waals surface area contributed by atoms with Crippen molar-refractivity contribution in [1.29, 1.82) is 0 Å². The predicted molar refractivity (Wildman–Crippen MR) is 90.4 cm³/mol. The molecule has 0 spiro atoms. The molecule has 1 aromatic rings. The Kier molecular flexibility index (Phi) is 4.73. The summed E-state index contributed by atoms with van der Waals surface area (Å²) in [6, 6.07) is 6.62. The maximum atomic E-state index is 12.7. The first-order valence-electron chi connectivity index (χ1n) is 7.98. The fourth-order valence-electron chi connectivity index (χ4n) is 3.17. The molecule has 0 saturated carbocycles. The molecule has 0 atom stereocenters. The number of rotatable bonds is 3. The van der Waals surface area contributed by atoms with E-state index in [1.54, 1.807) is 0 Å². The van der Waals surface area contributed by atoms with Gasteiger partial charge in [0.15, 0.2) is 0 Å². The minimum absolute atomic E-state index is 0.109. The first-order valence-corrected chi connectivity index (χ1v) is 9.14. The van der Waals surface area contributed by atoms with Gasteiger partial charge in [-0.15, -0.1) is 0 Å². The number of aryl methyl sites for hydroxylation is 1. The van der Waals surface area contributed by atoms with Crippen LogP contribution in [0.4, 0.5) is 5.69 Å². The van der Waals surface area contributed by atoms with Gasteiger partial charge in [0, 0.05) is 24.8 Å². The van der Waals surface area contributed by atoms with Crippen molar-refractivity contribution in [3.8, 4) is 0 Å². The lowest BCUT2D eigenvalue weighted by Gasteiger charge is -2.25. The number of benzene rings is 1. The molecule has 3 nitrogen and oxygen atoms in total. The largest absolute Gasteiger partial charge is 0.371 e. The van der Waals surface area contributed by atoms with Gasteiger partial charge in [-0.1, -0.05) is 11.6 Å². The van der Waals surface area contributed by atoms with Gasteiger partial charge in [-0.25, -0.2) is 0 Å². The molecule has 2 saturated heterocycles. The Hall–Kier alpha value is -1.16. The van der Waals surface area contributed by atoms with Gasteiger partial charge in [-0.05, 0) is 56.2 Å². The van der Waals surface area contributed by atoms with Crippen LogP contribution < -0.4 is 10.2 Å². The number of hydrogen-bond donors (Lipinski definition) is 1. The molecular weight excluding hydrogens is 280 g/mol. The van der Waals surface area contributed by atoms with E-state index in [2.05, 4.69) is 29.3 Å². The van der Waals surface area contributed by atoms with E-state index in [1.807, 2.05) is 17.8 Å². The average molecular weight is 304 g/mol. The third kappa shape index (κ3) is 3.54. The summed E-state index contributed by atoms with van der Waals surface area (Å²) in [5.41, 5.74) is 3.12. The predicted octanol–water partition coefficient (Wildman–Crippen LogP) is 3.22. The Labute approximate surface area is 131 Å². The van der Waals surface area contributed by atoms with Gasteiger partial charge in [0.2, 0.25) is 0 Å². The van der Waals surface area contributed by atoms with Crippen molar-refractivity contribution in [3.63, 3.8) is 0 Å². The standard InChI is InChI=1S/C17H24N2OS/c1-13-4-5-16(19-8-2-3-9-19)15(12-13)17(20)18-14-6-10-21-11-7-14/h4-5,12,14H,2-3,6-11H2,1H3,(H,18,20). The van der Waals surface area contributed by atoms with Gasteiger partial charge < -0.3 is 10.2 Å². The molecule has 3 rings (SSSR count). The Morgan fingerprint density at radius 3 is 2.67 bits per heavy atom. The first kappa shape index (κ1) is 14.8. The van der Waals surface area contributed by atoms with Gasteiger partial charge in [0.25, 0.3) is 5.91 Å². The highest BCUT2D eigenvalue weighted by Crippen LogP contribution is 2.26. The Morgan fingerprint density at radius 2 is 1.95 bits per heavy atom. The summed E-state index contributed by atoms with van der Waals surface area (Å²) in [5, 5.41) is 3.25. The minimum Gasteiger partial charge on any atom is -0.371 e. The van der Waals surface area contributed by atoms with E-state index in [1.165, 1.54) is 12.8 Å². The van der Waals surface area contributed by atoms with Crippen LogP contribution in [0.5, 0.6) is 0 Å². The van der Waals surface area contributed by atoms with Crippen LogP contribution in [0.15, 0.2) is 18.2 Å². The second-order valence-electron chi connectivity index (χ2n) is 6.07. The van der Waals surface area contributed by atoms with Crippen molar-refractivity contribution in [2.24, 2.45) is 0 Å². The number of anilines is 1. The van der Waals surface area contributed by atoms with Crippen LogP contribution in [-0.4, -0.2) is 36.5 Å². The SMILES string of the molecule is Cc1ccc(N2CCCC2)c(C(=O)NC2CCSCC2)c1. The van der Waals surface area contributed by atoms with Gasteiger partial charge >= 0.3 is 0 Å². The Bertz CT molecular complexity index is 506. The van der Waals surface area contributed by atoms with E-state index in [0.29, 0.717) is 6.04 Å². The second kappa shape index (κ2) is 6.73. The maximum Gasteiger partial charge on any atom is 0.253 e. The normalized spacial score (nSPS) is 19.8. The lowest BCUT2D eigenvalue weighted by atomic mass is 10.1. The lowest BCUT2D eigenvalue weighted by Crippen LogP contribution is -2.38. The van der Waals surface area contributed by atoms with E-state index in [4.69, 9.17) is 0 Å². The van der Waals surface area contributed by atoms with Crippen LogP contribution in [0.2, 0.25) is 0 Å². The third-order valence-corrected chi connectivity index (χ3v) is 5.45. The fourth-order valence-corrected chi connectivity index (χ4v) is 4.28. The minimum atomic E-state index is 0.109. The van der Waals surface area contributed by atoms with Crippen LogP contribution in [0, 0.1) is 6.92 Å². The summed E-state index contributed by atoms with van der Waals surface area (Å²) in [7, 11) is 0. The molecule has 114 valence electrons. The fraction of sp³-hybridized carbons (Fsp3) is 0.588. The third-order valence-electron chi connectivity index (χ3n) is 4.40. The van der Waals surface area contributed by atoms with Crippen molar-refractivity contribution in [2.75, 3.05) is 29.5 Å². The number of hydrogen-bond acceptors (Lipinski definition) is 3. The van der Waals surface area contributed by atoms with E-state index in [0.717, 1.165) is 54.3 Å². The molecule has 2 aliphatic rings. The van der Waals surface area contributed by atoms with Crippen molar-refractivity contribution >= 4 is 23.4 Å². The summed E-state index contributed by atoms with van der Waals surface area (Å²) in [4.78, 5) is 15.1. The number of nitrogens with zero attached hydrogens (tertiary/aromatic N) is 1. The lowest BCUT2D eigenvalue weighted by molar-refractivity contribution is 0.0935. The number of amides is 1. The summed E-state index contributed by atoms with van der Waals surface area (Å²) >= 11 is 1.99. The van der Waals surface area contributed by atoms with Gasteiger partial charge in [0.1, 0.15) is 0 Å². The maximum absolute atomic E-state index is 12.7. The Morgan fingerprint density at radius 1 is 1.24 bits per heavy atom. The smallest absolute Gasteiger partial charge is 0.253 e. The quantitative estimate of drug-likeness (QED) is 0.930. The molecule has 1 N–H and O–H groups in total. The molecule has 0 aliphatic carbocycles. The molecule has 1 aromatic carbocycles. The summed E-state index contributed by atoms with van der Waals surface area (Å²) in [5.74, 6) is 2.44. The monoisotopic (exact) mass is 304 g/mol. The van der Waals surface area contributed by atoms with Crippen molar-refractivity contribution in [2.45, 2.75) is 38.6 Å². The number of carbonyl (C=O) groups excluding carboxylic acids is 1.